The first-order chi connectivity index (χ1) is 10.4. The summed E-state index contributed by atoms with van der Waals surface area (Å²) in [6.45, 7) is 3.76. The first-order valence-corrected chi connectivity index (χ1v) is 7.01. The highest BCUT2D eigenvalue weighted by atomic mass is 15.5. The molecule has 0 unspecified atom stereocenters. The number of piperazine rings is 1. The highest BCUT2D eigenvalue weighted by Gasteiger charge is 2.19. The monoisotopic (exact) mass is 281 g/mol. The van der Waals surface area contributed by atoms with E-state index >= 15 is 0 Å². The fraction of sp³-hybridized carbons (Fsp3) is 0.286. The molecule has 0 radical (unpaired) electrons. The van der Waals surface area contributed by atoms with E-state index in [0.29, 0.717) is 0 Å². The molecular weight excluding hydrogens is 266 g/mol. The molecule has 7 heteroatoms. The Morgan fingerprint density at radius 3 is 2.62 bits per heavy atom. The summed E-state index contributed by atoms with van der Waals surface area (Å²) in [6, 6.07) is 9.90. The van der Waals surface area contributed by atoms with E-state index in [1.165, 1.54) is 0 Å². The Hall–Kier alpha value is -2.54. The quantitative estimate of drug-likeness (QED) is 0.742. The SMILES string of the molecule is c1ccc(-n2nnc3c(N4CCNCC4)ncnc32)cc1. The van der Waals surface area contributed by atoms with Gasteiger partial charge in [0.15, 0.2) is 17.0 Å². The van der Waals surface area contributed by atoms with Gasteiger partial charge in [-0.1, -0.05) is 23.4 Å². The smallest absolute Gasteiger partial charge is 0.189 e. The summed E-state index contributed by atoms with van der Waals surface area (Å²) in [5.74, 6) is 0.865. The first kappa shape index (κ1) is 12.2. The predicted molar refractivity (Wildman–Crippen MR) is 79.5 cm³/mol. The van der Waals surface area contributed by atoms with Gasteiger partial charge in [0, 0.05) is 26.2 Å². The zero-order valence-corrected chi connectivity index (χ0v) is 11.5. The molecule has 0 bridgehead atoms. The van der Waals surface area contributed by atoms with E-state index in [4.69, 9.17) is 0 Å². The van der Waals surface area contributed by atoms with Crippen molar-refractivity contribution < 1.29 is 0 Å². The molecule has 0 amide bonds. The number of nitrogens with zero attached hydrogens (tertiary/aromatic N) is 6. The average molecular weight is 281 g/mol. The number of rotatable bonds is 2. The van der Waals surface area contributed by atoms with Crippen molar-refractivity contribution >= 4 is 17.0 Å². The second-order valence-electron chi connectivity index (χ2n) is 4.94. The van der Waals surface area contributed by atoms with Crippen LogP contribution in [0.5, 0.6) is 0 Å². The van der Waals surface area contributed by atoms with Crippen molar-refractivity contribution in [3.63, 3.8) is 0 Å². The third-order valence-corrected chi connectivity index (χ3v) is 3.64. The molecule has 3 aromatic rings. The lowest BCUT2D eigenvalue weighted by Gasteiger charge is -2.28. The van der Waals surface area contributed by atoms with E-state index in [1.54, 1.807) is 11.0 Å². The molecule has 106 valence electrons. The van der Waals surface area contributed by atoms with Gasteiger partial charge in [0.1, 0.15) is 6.33 Å². The van der Waals surface area contributed by atoms with E-state index in [1.807, 2.05) is 30.3 Å². The Labute approximate surface area is 121 Å². The van der Waals surface area contributed by atoms with Crippen molar-refractivity contribution in [2.24, 2.45) is 0 Å². The standard InChI is InChI=1S/C14H15N7/c1-2-4-11(5-3-1)21-14-12(18-19-21)13(16-10-17-14)20-8-6-15-7-9-20/h1-5,10,15H,6-9H2. The number of hydrogen-bond donors (Lipinski definition) is 1. The van der Waals surface area contributed by atoms with Crippen LogP contribution in [-0.2, 0) is 0 Å². The van der Waals surface area contributed by atoms with Gasteiger partial charge in [-0.25, -0.2) is 9.97 Å². The summed E-state index contributed by atoms with van der Waals surface area (Å²) in [6.07, 6.45) is 1.59. The molecule has 2 aromatic heterocycles. The molecule has 1 aliphatic heterocycles. The maximum Gasteiger partial charge on any atom is 0.189 e. The number of nitrogens with one attached hydrogen (secondary N) is 1. The second-order valence-corrected chi connectivity index (χ2v) is 4.94. The van der Waals surface area contributed by atoms with Gasteiger partial charge < -0.3 is 10.2 Å². The minimum absolute atomic E-state index is 0.740. The van der Waals surface area contributed by atoms with Crippen LogP contribution in [0, 0.1) is 0 Å². The Balaban J connectivity index is 1.83. The molecule has 1 fully saturated rings. The van der Waals surface area contributed by atoms with Crippen molar-refractivity contribution in [1.82, 2.24) is 30.3 Å². The van der Waals surface area contributed by atoms with Gasteiger partial charge in [-0.05, 0) is 12.1 Å². The van der Waals surface area contributed by atoms with Crippen molar-refractivity contribution in [3.05, 3.63) is 36.7 Å². The van der Waals surface area contributed by atoms with Crippen LogP contribution in [0.2, 0.25) is 0 Å². The number of aromatic nitrogens is 5. The molecule has 7 nitrogen and oxygen atoms in total. The molecule has 3 heterocycles. The van der Waals surface area contributed by atoms with E-state index in [0.717, 1.165) is 48.8 Å². The second kappa shape index (κ2) is 5.10. The number of para-hydroxylation sites is 1. The summed E-state index contributed by atoms with van der Waals surface area (Å²) >= 11 is 0. The summed E-state index contributed by atoms with van der Waals surface area (Å²) in [5, 5.41) is 11.9. The number of benzene rings is 1. The Morgan fingerprint density at radius 2 is 1.81 bits per heavy atom. The maximum absolute atomic E-state index is 4.41. The Kier molecular flexibility index (Phi) is 2.97. The van der Waals surface area contributed by atoms with Gasteiger partial charge in [0.2, 0.25) is 0 Å². The lowest BCUT2D eigenvalue weighted by Crippen LogP contribution is -2.44. The highest BCUT2D eigenvalue weighted by molar-refractivity contribution is 5.83. The van der Waals surface area contributed by atoms with E-state index < -0.39 is 0 Å². The Bertz CT molecular complexity index is 746. The van der Waals surface area contributed by atoms with Crippen molar-refractivity contribution in [1.29, 1.82) is 0 Å². The van der Waals surface area contributed by atoms with Gasteiger partial charge in [-0.15, -0.1) is 5.10 Å². The highest BCUT2D eigenvalue weighted by Crippen LogP contribution is 2.22. The molecule has 0 atom stereocenters. The van der Waals surface area contributed by atoms with Gasteiger partial charge in [0.05, 0.1) is 5.69 Å². The van der Waals surface area contributed by atoms with Crippen LogP contribution in [-0.4, -0.2) is 51.1 Å². The van der Waals surface area contributed by atoms with Gasteiger partial charge in [-0.3, -0.25) is 0 Å². The van der Waals surface area contributed by atoms with Crippen molar-refractivity contribution in [2.45, 2.75) is 0 Å². The lowest BCUT2D eigenvalue weighted by atomic mass is 10.3. The van der Waals surface area contributed by atoms with Crippen LogP contribution in [0.25, 0.3) is 16.9 Å². The largest absolute Gasteiger partial charge is 0.352 e. The van der Waals surface area contributed by atoms with Crippen molar-refractivity contribution in [3.8, 4) is 5.69 Å². The van der Waals surface area contributed by atoms with Gasteiger partial charge in [-0.2, -0.15) is 4.68 Å². The normalized spacial score (nSPS) is 15.5. The molecule has 1 aliphatic rings. The molecule has 1 aromatic carbocycles. The van der Waals surface area contributed by atoms with Crippen LogP contribution < -0.4 is 10.2 Å². The summed E-state index contributed by atoms with van der Waals surface area (Å²) in [4.78, 5) is 11.0. The topological polar surface area (TPSA) is 71.8 Å². The van der Waals surface area contributed by atoms with Crippen LogP contribution in [0.4, 0.5) is 5.82 Å². The lowest BCUT2D eigenvalue weighted by molar-refractivity contribution is 0.585. The molecule has 0 spiro atoms. The van der Waals surface area contributed by atoms with E-state index in [-0.39, 0.29) is 0 Å². The molecule has 21 heavy (non-hydrogen) atoms. The minimum atomic E-state index is 0.740. The minimum Gasteiger partial charge on any atom is -0.352 e. The summed E-state index contributed by atoms with van der Waals surface area (Å²) < 4.78 is 1.75. The van der Waals surface area contributed by atoms with E-state index in [2.05, 4.69) is 30.5 Å². The third kappa shape index (κ3) is 2.11. The molecule has 4 rings (SSSR count). The Morgan fingerprint density at radius 1 is 1.00 bits per heavy atom. The fourth-order valence-corrected chi connectivity index (χ4v) is 2.59. The fourth-order valence-electron chi connectivity index (χ4n) is 2.59. The number of fused-ring (bicyclic) bond motifs is 1. The summed E-state index contributed by atoms with van der Waals surface area (Å²) in [7, 11) is 0. The first-order valence-electron chi connectivity index (χ1n) is 7.01. The predicted octanol–water partition coefficient (Wildman–Crippen LogP) is 0.620. The molecular formula is C14H15N7. The van der Waals surface area contributed by atoms with Crippen LogP contribution in [0.1, 0.15) is 0 Å². The van der Waals surface area contributed by atoms with Crippen LogP contribution >= 0.6 is 0 Å². The molecule has 0 saturated carbocycles. The van der Waals surface area contributed by atoms with E-state index in [9.17, 15) is 0 Å². The zero-order chi connectivity index (χ0) is 14.1. The summed E-state index contributed by atoms with van der Waals surface area (Å²) in [5.41, 5.74) is 2.44. The molecule has 1 saturated heterocycles. The number of anilines is 1. The number of hydrogen-bond acceptors (Lipinski definition) is 6. The van der Waals surface area contributed by atoms with Crippen molar-refractivity contribution in [2.75, 3.05) is 31.1 Å². The third-order valence-electron chi connectivity index (χ3n) is 3.64. The van der Waals surface area contributed by atoms with Gasteiger partial charge in [0.25, 0.3) is 0 Å². The molecule has 0 aliphatic carbocycles. The van der Waals surface area contributed by atoms with Crippen LogP contribution in [0.15, 0.2) is 36.7 Å². The maximum atomic E-state index is 4.41. The average Bonchev–Trinajstić information content (AvgIpc) is 3.00. The van der Waals surface area contributed by atoms with Crippen LogP contribution in [0.3, 0.4) is 0 Å². The van der Waals surface area contributed by atoms with Gasteiger partial charge >= 0.3 is 0 Å². The molecule has 1 N–H and O–H groups in total. The zero-order valence-electron chi connectivity index (χ0n) is 11.5.